The van der Waals surface area contributed by atoms with Gasteiger partial charge in [-0.15, -0.1) is 0 Å². The average molecular weight is 267 g/mol. The Kier molecular flexibility index (Phi) is 4.09. The zero-order valence-corrected chi connectivity index (χ0v) is 10.8. The maximum absolute atomic E-state index is 5.67. The Labute approximate surface area is 98.6 Å². The SMILES string of the molecule is CC.Cc1ccc2nc(N)c(Br)cc2c1. The van der Waals surface area contributed by atoms with Crippen LogP contribution in [0.4, 0.5) is 5.82 Å². The van der Waals surface area contributed by atoms with Crippen molar-refractivity contribution in [3.63, 3.8) is 0 Å². The summed E-state index contributed by atoms with van der Waals surface area (Å²) in [5.74, 6) is 0.538. The number of fused-ring (bicyclic) bond motifs is 1. The Bertz CT molecular complexity index is 466. The molecule has 2 aromatic rings. The molecule has 0 unspecified atom stereocenters. The van der Waals surface area contributed by atoms with Crippen LogP contribution < -0.4 is 5.73 Å². The zero-order valence-electron chi connectivity index (χ0n) is 9.21. The van der Waals surface area contributed by atoms with Crippen molar-refractivity contribution in [1.82, 2.24) is 4.98 Å². The van der Waals surface area contributed by atoms with Crippen molar-refractivity contribution in [2.24, 2.45) is 0 Å². The molecule has 80 valence electrons. The second-order valence-electron chi connectivity index (χ2n) is 3.05. The maximum atomic E-state index is 5.67. The van der Waals surface area contributed by atoms with Crippen molar-refractivity contribution in [1.29, 1.82) is 0 Å². The third-order valence-electron chi connectivity index (χ3n) is 1.95. The summed E-state index contributed by atoms with van der Waals surface area (Å²) in [5.41, 5.74) is 7.83. The van der Waals surface area contributed by atoms with Crippen LogP contribution in [0.15, 0.2) is 28.7 Å². The van der Waals surface area contributed by atoms with E-state index in [1.165, 1.54) is 5.56 Å². The molecular formula is C12H15BrN2. The van der Waals surface area contributed by atoms with E-state index in [0.717, 1.165) is 15.4 Å². The number of nitrogens with zero attached hydrogens (tertiary/aromatic N) is 1. The van der Waals surface area contributed by atoms with E-state index >= 15 is 0 Å². The third-order valence-corrected chi connectivity index (χ3v) is 2.59. The van der Waals surface area contributed by atoms with Crippen molar-refractivity contribution < 1.29 is 0 Å². The van der Waals surface area contributed by atoms with Gasteiger partial charge in [-0.2, -0.15) is 0 Å². The number of nitrogens with two attached hydrogens (primary N) is 1. The predicted molar refractivity (Wildman–Crippen MR) is 69.9 cm³/mol. The summed E-state index contributed by atoms with van der Waals surface area (Å²) in [6, 6.07) is 8.09. The number of hydrogen-bond donors (Lipinski definition) is 1. The molecule has 0 radical (unpaired) electrons. The molecule has 0 saturated heterocycles. The molecule has 3 heteroatoms. The number of benzene rings is 1. The minimum absolute atomic E-state index is 0.538. The second kappa shape index (κ2) is 5.12. The summed E-state index contributed by atoms with van der Waals surface area (Å²) in [6.07, 6.45) is 0. The van der Waals surface area contributed by atoms with Gasteiger partial charge in [0, 0.05) is 5.39 Å². The summed E-state index contributed by atoms with van der Waals surface area (Å²) in [7, 11) is 0. The van der Waals surface area contributed by atoms with Gasteiger partial charge in [-0.25, -0.2) is 4.98 Å². The molecular weight excluding hydrogens is 252 g/mol. The van der Waals surface area contributed by atoms with Crippen molar-refractivity contribution in [2.45, 2.75) is 20.8 Å². The van der Waals surface area contributed by atoms with Crippen LogP contribution in [0.25, 0.3) is 10.9 Å². The van der Waals surface area contributed by atoms with Gasteiger partial charge in [0.1, 0.15) is 5.82 Å². The summed E-state index contributed by atoms with van der Waals surface area (Å²) in [5, 5.41) is 1.11. The number of rotatable bonds is 0. The molecule has 0 fully saturated rings. The van der Waals surface area contributed by atoms with Crippen molar-refractivity contribution in [2.75, 3.05) is 5.73 Å². The minimum atomic E-state index is 0.538. The quantitative estimate of drug-likeness (QED) is 0.785. The molecule has 0 spiro atoms. The van der Waals surface area contributed by atoms with E-state index in [1.54, 1.807) is 0 Å². The van der Waals surface area contributed by atoms with E-state index in [2.05, 4.69) is 33.9 Å². The van der Waals surface area contributed by atoms with Gasteiger partial charge in [0.2, 0.25) is 0 Å². The number of pyridine rings is 1. The van der Waals surface area contributed by atoms with Crippen molar-refractivity contribution in [3.05, 3.63) is 34.3 Å². The second-order valence-corrected chi connectivity index (χ2v) is 3.91. The van der Waals surface area contributed by atoms with E-state index < -0.39 is 0 Å². The normalized spacial score (nSPS) is 9.60. The molecule has 0 amide bonds. The number of aryl methyl sites for hydroxylation is 1. The fourth-order valence-electron chi connectivity index (χ4n) is 1.29. The first kappa shape index (κ1) is 12.0. The molecule has 0 aliphatic heterocycles. The van der Waals surface area contributed by atoms with E-state index in [-0.39, 0.29) is 0 Å². The summed E-state index contributed by atoms with van der Waals surface area (Å²) < 4.78 is 0.852. The summed E-state index contributed by atoms with van der Waals surface area (Å²) in [6.45, 7) is 6.06. The highest BCUT2D eigenvalue weighted by atomic mass is 79.9. The van der Waals surface area contributed by atoms with Crippen LogP contribution in [-0.2, 0) is 0 Å². The van der Waals surface area contributed by atoms with E-state index in [0.29, 0.717) is 5.82 Å². The lowest BCUT2D eigenvalue weighted by Gasteiger charge is -2.02. The molecule has 0 bridgehead atoms. The molecule has 2 rings (SSSR count). The Morgan fingerprint density at radius 3 is 2.53 bits per heavy atom. The molecule has 2 nitrogen and oxygen atoms in total. The number of hydrogen-bond acceptors (Lipinski definition) is 2. The summed E-state index contributed by atoms with van der Waals surface area (Å²) in [4.78, 5) is 4.25. The largest absolute Gasteiger partial charge is 0.383 e. The van der Waals surface area contributed by atoms with Crippen LogP contribution in [0.3, 0.4) is 0 Å². The number of halogens is 1. The first-order valence-electron chi connectivity index (χ1n) is 4.99. The highest BCUT2D eigenvalue weighted by Crippen LogP contribution is 2.23. The van der Waals surface area contributed by atoms with Crippen molar-refractivity contribution in [3.8, 4) is 0 Å². The summed E-state index contributed by atoms with van der Waals surface area (Å²) >= 11 is 3.35. The van der Waals surface area contributed by atoms with Crippen LogP contribution in [0.2, 0.25) is 0 Å². The van der Waals surface area contributed by atoms with Crippen LogP contribution >= 0.6 is 15.9 Å². The standard InChI is InChI=1S/C10H9BrN2.C2H6/c1-6-2-3-9-7(4-6)5-8(11)10(12)13-9;1-2/h2-5H,1H3,(H2,12,13);1-2H3. The number of nitrogen functional groups attached to an aromatic ring is 1. The van der Waals surface area contributed by atoms with Gasteiger partial charge >= 0.3 is 0 Å². The molecule has 1 aromatic carbocycles. The minimum Gasteiger partial charge on any atom is -0.383 e. The lowest BCUT2D eigenvalue weighted by atomic mass is 10.1. The molecule has 1 heterocycles. The lowest BCUT2D eigenvalue weighted by Crippen LogP contribution is -1.91. The lowest BCUT2D eigenvalue weighted by molar-refractivity contribution is 1.38. The average Bonchev–Trinajstić information content (AvgIpc) is 2.23. The topological polar surface area (TPSA) is 38.9 Å². The Balaban J connectivity index is 0.000000531. The third kappa shape index (κ3) is 2.69. The Morgan fingerprint density at radius 1 is 1.20 bits per heavy atom. The molecule has 1 aromatic heterocycles. The van der Waals surface area contributed by atoms with E-state index in [4.69, 9.17) is 5.73 Å². The molecule has 2 N–H and O–H groups in total. The van der Waals surface area contributed by atoms with Gasteiger partial charge in [-0.1, -0.05) is 25.5 Å². The fraction of sp³-hybridized carbons (Fsp3) is 0.250. The van der Waals surface area contributed by atoms with Gasteiger partial charge in [0.05, 0.1) is 9.99 Å². The first-order valence-corrected chi connectivity index (χ1v) is 5.78. The molecule has 0 saturated carbocycles. The van der Waals surface area contributed by atoms with Crippen LogP contribution in [0, 0.1) is 6.92 Å². The molecule has 15 heavy (non-hydrogen) atoms. The van der Waals surface area contributed by atoms with E-state index in [1.807, 2.05) is 32.0 Å². The highest BCUT2D eigenvalue weighted by molar-refractivity contribution is 9.10. The van der Waals surface area contributed by atoms with Crippen LogP contribution in [0.1, 0.15) is 19.4 Å². The van der Waals surface area contributed by atoms with Gasteiger partial charge in [0.25, 0.3) is 0 Å². The van der Waals surface area contributed by atoms with Gasteiger partial charge in [-0.05, 0) is 41.1 Å². The first-order chi connectivity index (χ1) is 7.16. The van der Waals surface area contributed by atoms with Crippen LogP contribution in [0.5, 0.6) is 0 Å². The highest BCUT2D eigenvalue weighted by Gasteiger charge is 2.00. The molecule has 0 aliphatic rings. The zero-order chi connectivity index (χ0) is 11.4. The molecule has 0 aliphatic carbocycles. The number of aromatic nitrogens is 1. The maximum Gasteiger partial charge on any atom is 0.138 e. The monoisotopic (exact) mass is 266 g/mol. The molecule has 0 atom stereocenters. The van der Waals surface area contributed by atoms with Crippen molar-refractivity contribution >= 4 is 32.7 Å². The van der Waals surface area contributed by atoms with Crippen LogP contribution in [-0.4, -0.2) is 4.98 Å². The van der Waals surface area contributed by atoms with Gasteiger partial charge < -0.3 is 5.73 Å². The Morgan fingerprint density at radius 2 is 1.87 bits per heavy atom. The predicted octanol–water partition coefficient (Wildman–Crippen LogP) is 3.91. The fourth-order valence-corrected chi connectivity index (χ4v) is 1.62. The Hall–Kier alpha value is -1.09. The van der Waals surface area contributed by atoms with Gasteiger partial charge in [-0.3, -0.25) is 0 Å². The smallest absolute Gasteiger partial charge is 0.138 e. The number of anilines is 1. The van der Waals surface area contributed by atoms with Gasteiger partial charge in [0.15, 0.2) is 0 Å². The van der Waals surface area contributed by atoms with E-state index in [9.17, 15) is 0 Å².